The molecule has 1 aromatic heterocycles. The van der Waals surface area contributed by atoms with E-state index in [2.05, 4.69) is 37.9 Å². The maximum atomic E-state index is 13.1. The van der Waals surface area contributed by atoms with E-state index in [9.17, 15) is 9.59 Å². The predicted molar refractivity (Wildman–Crippen MR) is 140 cm³/mol. The van der Waals surface area contributed by atoms with Crippen molar-refractivity contribution in [2.24, 2.45) is 5.92 Å². The first-order valence-electron chi connectivity index (χ1n) is 12.4. The zero-order valence-electron chi connectivity index (χ0n) is 20.6. The second-order valence-electron chi connectivity index (χ2n) is 9.47. The number of rotatable bonds is 9. The molecule has 0 atom stereocenters. The average Bonchev–Trinajstić information content (AvgIpc) is 3.55. The summed E-state index contributed by atoms with van der Waals surface area (Å²) in [5.74, 6) is 0.629. The Bertz CT molecular complexity index is 1160. The van der Waals surface area contributed by atoms with Crippen LogP contribution in [-0.4, -0.2) is 39.4 Å². The Morgan fingerprint density at radius 1 is 1.11 bits per heavy atom. The summed E-state index contributed by atoms with van der Waals surface area (Å²) in [7, 11) is 0. The highest BCUT2D eigenvalue weighted by atomic mass is 16.2. The number of carbonyl (C=O) groups excluding carboxylic acids is 2. The van der Waals surface area contributed by atoms with Crippen molar-refractivity contribution >= 4 is 17.8 Å². The largest absolute Gasteiger partial charge is 0.329 e. The molecule has 3 aromatic rings. The quantitative estimate of drug-likeness (QED) is 0.402. The molecule has 0 radical (unpaired) electrons. The Kier molecular flexibility index (Phi) is 7.80. The summed E-state index contributed by atoms with van der Waals surface area (Å²) in [6.45, 7) is 8.41. The minimum absolute atomic E-state index is 0.00823. The minimum atomic E-state index is -0.275. The summed E-state index contributed by atoms with van der Waals surface area (Å²) >= 11 is 0. The van der Waals surface area contributed by atoms with Gasteiger partial charge in [0.1, 0.15) is 6.54 Å². The SMILES string of the molecule is C=CCN(CC(=O)Nc1nc(-c2ccccc2)cn1-c1ccc(C(C)C)cc1)C(=O)C1CCCC1. The third-order valence-electron chi connectivity index (χ3n) is 6.56. The fourth-order valence-corrected chi connectivity index (χ4v) is 4.59. The Labute approximate surface area is 207 Å². The fourth-order valence-electron chi connectivity index (χ4n) is 4.59. The van der Waals surface area contributed by atoms with E-state index in [1.165, 1.54) is 5.56 Å². The first kappa shape index (κ1) is 24.5. The predicted octanol–water partition coefficient (Wildman–Crippen LogP) is 5.81. The summed E-state index contributed by atoms with van der Waals surface area (Å²) in [6, 6.07) is 18.1. The van der Waals surface area contributed by atoms with Crippen LogP contribution in [-0.2, 0) is 9.59 Å². The van der Waals surface area contributed by atoms with E-state index in [-0.39, 0.29) is 24.3 Å². The van der Waals surface area contributed by atoms with E-state index >= 15 is 0 Å². The van der Waals surface area contributed by atoms with Crippen molar-refractivity contribution in [1.29, 1.82) is 0 Å². The van der Waals surface area contributed by atoms with Gasteiger partial charge in [-0.2, -0.15) is 0 Å². The number of nitrogens with one attached hydrogen (secondary N) is 1. The van der Waals surface area contributed by atoms with Gasteiger partial charge in [-0.15, -0.1) is 6.58 Å². The number of benzene rings is 2. The molecule has 0 bridgehead atoms. The van der Waals surface area contributed by atoms with Crippen molar-refractivity contribution < 1.29 is 9.59 Å². The van der Waals surface area contributed by atoms with Crippen LogP contribution in [0.15, 0.2) is 73.4 Å². The molecule has 182 valence electrons. The topological polar surface area (TPSA) is 67.2 Å². The molecule has 35 heavy (non-hydrogen) atoms. The molecule has 1 heterocycles. The van der Waals surface area contributed by atoms with E-state index < -0.39 is 0 Å². The van der Waals surface area contributed by atoms with E-state index in [1.807, 2.05) is 53.2 Å². The molecule has 6 nitrogen and oxygen atoms in total. The van der Waals surface area contributed by atoms with Crippen LogP contribution in [0.4, 0.5) is 5.95 Å². The third-order valence-corrected chi connectivity index (χ3v) is 6.56. The summed E-state index contributed by atoms with van der Waals surface area (Å²) < 4.78 is 1.89. The van der Waals surface area contributed by atoms with Gasteiger partial charge in [0.25, 0.3) is 0 Å². The molecule has 1 aliphatic rings. The monoisotopic (exact) mass is 470 g/mol. The molecule has 6 heteroatoms. The van der Waals surface area contributed by atoms with Gasteiger partial charge in [0.05, 0.1) is 5.69 Å². The second-order valence-corrected chi connectivity index (χ2v) is 9.47. The van der Waals surface area contributed by atoms with Crippen LogP contribution in [0.3, 0.4) is 0 Å². The smallest absolute Gasteiger partial charge is 0.246 e. The van der Waals surface area contributed by atoms with E-state index in [1.54, 1.807) is 11.0 Å². The fraction of sp³-hybridized carbons (Fsp3) is 0.345. The zero-order valence-corrected chi connectivity index (χ0v) is 20.6. The first-order chi connectivity index (χ1) is 17.0. The van der Waals surface area contributed by atoms with Crippen LogP contribution in [0.5, 0.6) is 0 Å². The molecule has 0 aliphatic heterocycles. The van der Waals surface area contributed by atoms with Gasteiger partial charge in [-0.05, 0) is 36.5 Å². The molecular weight excluding hydrogens is 436 g/mol. The molecule has 0 unspecified atom stereocenters. The normalized spacial score (nSPS) is 13.7. The molecule has 0 spiro atoms. The van der Waals surface area contributed by atoms with Crippen LogP contribution < -0.4 is 5.32 Å². The van der Waals surface area contributed by atoms with E-state index in [0.29, 0.717) is 18.4 Å². The van der Waals surface area contributed by atoms with Crippen LogP contribution >= 0.6 is 0 Å². The minimum Gasteiger partial charge on any atom is -0.329 e. The molecule has 2 amide bonds. The van der Waals surface area contributed by atoms with Crippen molar-refractivity contribution in [3.8, 4) is 16.9 Å². The standard InChI is InChI=1S/C29H34N4O2/c1-4-18-32(28(35)24-12-8-9-13-24)20-27(34)31-29-30-26(23-10-6-5-7-11-23)19-33(29)25-16-14-22(15-17-25)21(2)3/h4-7,10-11,14-17,19,21,24H,1,8-9,12-13,18,20H2,2-3H3,(H,30,31,34). The lowest BCUT2D eigenvalue weighted by molar-refractivity contribution is -0.137. The zero-order chi connectivity index (χ0) is 24.8. The van der Waals surface area contributed by atoms with Gasteiger partial charge in [0.15, 0.2) is 0 Å². The van der Waals surface area contributed by atoms with Crippen LogP contribution in [0.25, 0.3) is 16.9 Å². The Balaban J connectivity index is 1.59. The summed E-state index contributed by atoms with van der Waals surface area (Å²) in [5, 5.41) is 2.96. The van der Waals surface area contributed by atoms with Crippen LogP contribution in [0.2, 0.25) is 0 Å². The number of carbonyl (C=O) groups is 2. The molecule has 1 fully saturated rings. The van der Waals surface area contributed by atoms with Crippen LogP contribution in [0.1, 0.15) is 51.0 Å². The highest BCUT2D eigenvalue weighted by Crippen LogP contribution is 2.27. The molecule has 2 aromatic carbocycles. The molecule has 0 saturated heterocycles. The van der Waals surface area contributed by atoms with Gasteiger partial charge in [-0.3, -0.25) is 19.5 Å². The van der Waals surface area contributed by atoms with Crippen molar-refractivity contribution in [2.45, 2.75) is 45.4 Å². The maximum absolute atomic E-state index is 13.1. The number of hydrogen-bond donors (Lipinski definition) is 1. The molecular formula is C29H34N4O2. The highest BCUT2D eigenvalue weighted by Gasteiger charge is 2.28. The van der Waals surface area contributed by atoms with Gasteiger partial charge < -0.3 is 4.90 Å². The Morgan fingerprint density at radius 3 is 2.43 bits per heavy atom. The van der Waals surface area contributed by atoms with Gasteiger partial charge in [-0.1, -0.05) is 75.2 Å². The summed E-state index contributed by atoms with van der Waals surface area (Å²) in [5.41, 5.74) is 3.88. The number of amides is 2. The molecule has 1 aliphatic carbocycles. The number of aromatic nitrogens is 2. The van der Waals surface area contributed by atoms with Crippen molar-refractivity contribution in [2.75, 3.05) is 18.4 Å². The first-order valence-corrected chi connectivity index (χ1v) is 12.4. The lowest BCUT2D eigenvalue weighted by atomic mass is 10.0. The summed E-state index contributed by atoms with van der Waals surface area (Å²) in [6.07, 6.45) is 7.53. The van der Waals surface area contributed by atoms with Gasteiger partial charge >= 0.3 is 0 Å². The number of anilines is 1. The Morgan fingerprint density at radius 2 is 1.80 bits per heavy atom. The molecule has 4 rings (SSSR count). The number of nitrogens with zero attached hydrogens (tertiary/aromatic N) is 3. The number of imidazole rings is 1. The van der Waals surface area contributed by atoms with Crippen LogP contribution in [0, 0.1) is 5.92 Å². The van der Waals surface area contributed by atoms with Crippen molar-refractivity contribution in [1.82, 2.24) is 14.5 Å². The third kappa shape index (κ3) is 5.88. The van der Waals surface area contributed by atoms with Gasteiger partial charge in [-0.25, -0.2) is 4.98 Å². The molecule has 1 saturated carbocycles. The Hall–Kier alpha value is -3.67. The van der Waals surface area contributed by atoms with E-state index in [0.717, 1.165) is 42.6 Å². The maximum Gasteiger partial charge on any atom is 0.246 e. The second kappa shape index (κ2) is 11.2. The number of hydrogen-bond acceptors (Lipinski definition) is 3. The van der Waals surface area contributed by atoms with Crippen molar-refractivity contribution in [3.63, 3.8) is 0 Å². The lowest BCUT2D eigenvalue weighted by Gasteiger charge is -2.23. The van der Waals surface area contributed by atoms with Crippen molar-refractivity contribution in [3.05, 3.63) is 79.0 Å². The lowest BCUT2D eigenvalue weighted by Crippen LogP contribution is -2.41. The molecule has 1 N–H and O–H groups in total. The van der Waals surface area contributed by atoms with E-state index in [4.69, 9.17) is 4.98 Å². The van der Waals surface area contributed by atoms with Gasteiger partial charge in [0, 0.05) is 29.9 Å². The summed E-state index contributed by atoms with van der Waals surface area (Å²) in [4.78, 5) is 32.4. The highest BCUT2D eigenvalue weighted by molar-refractivity contribution is 5.94. The van der Waals surface area contributed by atoms with Gasteiger partial charge in [0.2, 0.25) is 17.8 Å². The average molecular weight is 471 g/mol.